The van der Waals surface area contributed by atoms with Gasteiger partial charge in [-0.3, -0.25) is 19.6 Å². The maximum atomic E-state index is 12.5. The van der Waals surface area contributed by atoms with Gasteiger partial charge in [-0.05, 0) is 56.4 Å². The summed E-state index contributed by atoms with van der Waals surface area (Å²) in [6, 6.07) is 6.71. The SMILES string of the molecule is O=C(COc1ccc(Cl)cc1)NC12CC(NC(=O)C3CCC(OC(F)(F)F)NC3)(C1)C2. The second-order valence-electron chi connectivity index (χ2n) is 8.61. The zero-order chi connectivity index (χ0) is 22.3. The summed E-state index contributed by atoms with van der Waals surface area (Å²) in [6.07, 6.45) is -3.47. The molecule has 31 heavy (non-hydrogen) atoms. The fourth-order valence-electron chi connectivity index (χ4n) is 4.74. The van der Waals surface area contributed by atoms with Crippen LogP contribution in [0.25, 0.3) is 0 Å². The summed E-state index contributed by atoms with van der Waals surface area (Å²) in [4.78, 5) is 24.7. The molecule has 2 unspecified atom stereocenters. The van der Waals surface area contributed by atoms with Crippen molar-refractivity contribution in [3.63, 3.8) is 0 Å². The van der Waals surface area contributed by atoms with Crippen molar-refractivity contribution in [3.8, 4) is 5.75 Å². The van der Waals surface area contributed by atoms with E-state index in [9.17, 15) is 22.8 Å². The summed E-state index contributed by atoms with van der Waals surface area (Å²) >= 11 is 5.81. The Hall–Kier alpha value is -2.04. The van der Waals surface area contributed by atoms with Gasteiger partial charge in [-0.15, -0.1) is 13.2 Å². The quantitative estimate of drug-likeness (QED) is 0.580. The van der Waals surface area contributed by atoms with Crippen LogP contribution in [0.1, 0.15) is 32.1 Å². The Bertz CT molecular complexity index is 821. The van der Waals surface area contributed by atoms with Gasteiger partial charge in [0.2, 0.25) is 5.91 Å². The molecule has 0 spiro atoms. The minimum atomic E-state index is -4.70. The van der Waals surface area contributed by atoms with Gasteiger partial charge in [0.1, 0.15) is 12.0 Å². The lowest BCUT2D eigenvalue weighted by Gasteiger charge is -2.70. The van der Waals surface area contributed by atoms with E-state index in [0.717, 1.165) is 0 Å². The van der Waals surface area contributed by atoms with Crippen LogP contribution in [0, 0.1) is 5.92 Å². The van der Waals surface area contributed by atoms with E-state index in [0.29, 0.717) is 36.5 Å². The minimum absolute atomic E-state index is 0.109. The Labute approximate surface area is 182 Å². The molecule has 170 valence electrons. The minimum Gasteiger partial charge on any atom is -0.484 e. The number of halogens is 4. The number of amides is 2. The molecule has 1 aliphatic heterocycles. The number of piperidine rings is 1. The molecule has 2 amide bonds. The molecule has 4 fully saturated rings. The molecule has 0 radical (unpaired) electrons. The fourth-order valence-corrected chi connectivity index (χ4v) is 4.87. The highest BCUT2D eigenvalue weighted by molar-refractivity contribution is 6.30. The standard InChI is InChI=1S/C20H23ClF3N3O4/c21-13-2-4-14(5-3-13)30-8-15(28)26-18-9-19(10-18,11-18)27-17(29)12-1-6-16(25-7-12)31-20(22,23)24/h2-5,12,16,25H,1,6-11H2,(H,26,28)(H,27,29). The number of hydrogen-bond acceptors (Lipinski definition) is 5. The van der Waals surface area contributed by atoms with Gasteiger partial charge < -0.3 is 15.4 Å². The highest BCUT2D eigenvalue weighted by Gasteiger charge is 2.69. The molecule has 1 aromatic rings. The summed E-state index contributed by atoms with van der Waals surface area (Å²) in [5, 5.41) is 9.19. The van der Waals surface area contributed by atoms with Gasteiger partial charge in [-0.1, -0.05) is 11.6 Å². The largest absolute Gasteiger partial charge is 0.524 e. The molecule has 3 aliphatic carbocycles. The van der Waals surface area contributed by atoms with Gasteiger partial charge in [-0.25, -0.2) is 0 Å². The van der Waals surface area contributed by atoms with Crippen molar-refractivity contribution in [2.24, 2.45) is 5.92 Å². The lowest BCUT2D eigenvalue weighted by Crippen LogP contribution is -2.84. The normalized spacial score (nSPS) is 31.7. The van der Waals surface area contributed by atoms with Crippen LogP contribution in [0.3, 0.4) is 0 Å². The monoisotopic (exact) mass is 461 g/mol. The van der Waals surface area contributed by atoms with Gasteiger partial charge in [0, 0.05) is 22.6 Å². The Morgan fingerprint density at radius 1 is 1.10 bits per heavy atom. The molecule has 1 heterocycles. The van der Waals surface area contributed by atoms with Gasteiger partial charge in [0.05, 0.1) is 5.92 Å². The Morgan fingerprint density at radius 3 is 2.32 bits per heavy atom. The molecule has 1 saturated heterocycles. The first-order valence-electron chi connectivity index (χ1n) is 10.0. The summed E-state index contributed by atoms with van der Waals surface area (Å²) in [6.45, 7) is 0.0181. The second-order valence-corrected chi connectivity index (χ2v) is 9.04. The third kappa shape index (κ3) is 5.24. The molecule has 1 aromatic carbocycles. The third-order valence-electron chi connectivity index (χ3n) is 6.02. The number of carbonyl (C=O) groups is 2. The smallest absolute Gasteiger partial charge is 0.484 e. The maximum Gasteiger partial charge on any atom is 0.524 e. The molecule has 5 rings (SSSR count). The Morgan fingerprint density at radius 2 is 1.74 bits per heavy atom. The van der Waals surface area contributed by atoms with Gasteiger partial charge >= 0.3 is 6.36 Å². The van der Waals surface area contributed by atoms with Crippen LogP contribution in [-0.2, 0) is 14.3 Å². The molecule has 11 heteroatoms. The predicted molar refractivity (Wildman–Crippen MR) is 104 cm³/mol. The van der Waals surface area contributed by atoms with Crippen LogP contribution in [0.15, 0.2) is 24.3 Å². The van der Waals surface area contributed by atoms with E-state index in [-0.39, 0.29) is 42.5 Å². The number of alkyl halides is 3. The van der Waals surface area contributed by atoms with Crippen molar-refractivity contribution >= 4 is 23.4 Å². The summed E-state index contributed by atoms with van der Waals surface area (Å²) in [5.74, 6) is -0.268. The summed E-state index contributed by atoms with van der Waals surface area (Å²) in [7, 11) is 0. The van der Waals surface area contributed by atoms with Crippen LogP contribution in [0.2, 0.25) is 5.02 Å². The average Bonchev–Trinajstić information content (AvgIpc) is 2.64. The third-order valence-corrected chi connectivity index (χ3v) is 6.27. The number of carbonyl (C=O) groups excluding carboxylic acids is 2. The predicted octanol–water partition coefficient (Wildman–Crippen LogP) is 2.49. The molecule has 2 bridgehead atoms. The molecule has 3 N–H and O–H groups in total. The van der Waals surface area contributed by atoms with E-state index < -0.39 is 18.5 Å². The van der Waals surface area contributed by atoms with Crippen molar-refractivity contribution in [2.45, 2.75) is 55.8 Å². The van der Waals surface area contributed by atoms with E-state index in [1.807, 2.05) is 0 Å². The number of ether oxygens (including phenoxy) is 2. The Kier molecular flexibility index (Phi) is 5.82. The zero-order valence-corrected chi connectivity index (χ0v) is 17.3. The number of hydrogen-bond donors (Lipinski definition) is 3. The van der Waals surface area contributed by atoms with Crippen molar-refractivity contribution in [2.75, 3.05) is 13.2 Å². The first kappa shape index (κ1) is 22.2. The highest BCUT2D eigenvalue weighted by Crippen LogP contribution is 2.60. The fraction of sp³-hybridized carbons (Fsp3) is 0.600. The zero-order valence-electron chi connectivity index (χ0n) is 16.6. The van der Waals surface area contributed by atoms with E-state index in [1.165, 1.54) is 0 Å². The summed E-state index contributed by atoms with van der Waals surface area (Å²) < 4.78 is 46.2. The topological polar surface area (TPSA) is 88.7 Å². The molecular weight excluding hydrogens is 439 g/mol. The Balaban J connectivity index is 1.15. The van der Waals surface area contributed by atoms with E-state index in [4.69, 9.17) is 16.3 Å². The van der Waals surface area contributed by atoms with Crippen molar-refractivity contribution < 1.29 is 32.2 Å². The average molecular weight is 462 g/mol. The van der Waals surface area contributed by atoms with Crippen molar-refractivity contribution in [1.29, 1.82) is 0 Å². The van der Waals surface area contributed by atoms with E-state index >= 15 is 0 Å². The van der Waals surface area contributed by atoms with Gasteiger partial charge in [-0.2, -0.15) is 0 Å². The van der Waals surface area contributed by atoms with E-state index in [1.54, 1.807) is 24.3 Å². The molecule has 2 atom stereocenters. The van der Waals surface area contributed by atoms with Crippen LogP contribution < -0.4 is 20.7 Å². The molecule has 7 nitrogen and oxygen atoms in total. The van der Waals surface area contributed by atoms with Gasteiger partial charge in [0.15, 0.2) is 6.61 Å². The number of nitrogens with one attached hydrogen (secondary N) is 3. The van der Waals surface area contributed by atoms with Crippen molar-refractivity contribution in [1.82, 2.24) is 16.0 Å². The summed E-state index contributed by atoms with van der Waals surface area (Å²) in [5.41, 5.74) is -0.648. The number of rotatable bonds is 7. The molecule has 4 aliphatic rings. The van der Waals surface area contributed by atoms with Crippen LogP contribution in [-0.4, -0.2) is 48.6 Å². The van der Waals surface area contributed by atoms with Crippen molar-refractivity contribution in [3.05, 3.63) is 29.3 Å². The van der Waals surface area contributed by atoms with Gasteiger partial charge in [0.25, 0.3) is 5.91 Å². The second kappa shape index (κ2) is 8.14. The first-order valence-corrected chi connectivity index (χ1v) is 10.4. The lowest BCUT2D eigenvalue weighted by atomic mass is 9.44. The highest BCUT2D eigenvalue weighted by atomic mass is 35.5. The lowest BCUT2D eigenvalue weighted by molar-refractivity contribution is -0.348. The van der Waals surface area contributed by atoms with E-state index in [2.05, 4.69) is 20.7 Å². The first-order chi connectivity index (χ1) is 14.6. The molecule has 3 saturated carbocycles. The molecule has 0 aromatic heterocycles. The van der Waals surface area contributed by atoms with Crippen LogP contribution in [0.4, 0.5) is 13.2 Å². The van der Waals surface area contributed by atoms with Crippen LogP contribution >= 0.6 is 11.6 Å². The van der Waals surface area contributed by atoms with Crippen LogP contribution in [0.5, 0.6) is 5.75 Å². The number of benzene rings is 1. The maximum absolute atomic E-state index is 12.5. The molecular formula is C20H23ClF3N3O4.